The molecular formula is C28H44O3. The molecule has 3 aliphatic carbocycles. The third kappa shape index (κ3) is 5.26. The van der Waals surface area contributed by atoms with Gasteiger partial charge in [-0.1, -0.05) is 57.6 Å². The van der Waals surface area contributed by atoms with E-state index >= 15 is 0 Å². The largest absolute Gasteiger partial charge is 0.390 e. The van der Waals surface area contributed by atoms with Crippen molar-refractivity contribution in [2.75, 3.05) is 0 Å². The van der Waals surface area contributed by atoms with Crippen LogP contribution >= 0.6 is 0 Å². The van der Waals surface area contributed by atoms with Crippen LogP contribution < -0.4 is 0 Å². The highest BCUT2D eigenvalue weighted by atomic mass is 16.3. The minimum atomic E-state index is -0.842. The molecule has 3 N–H and O–H groups in total. The van der Waals surface area contributed by atoms with E-state index in [1.165, 1.54) is 37.7 Å². The predicted octanol–water partition coefficient (Wildman–Crippen LogP) is 5.87. The van der Waals surface area contributed by atoms with Crippen LogP contribution in [-0.4, -0.2) is 33.1 Å². The molecule has 0 radical (unpaired) electrons. The van der Waals surface area contributed by atoms with E-state index in [1.807, 2.05) is 13.8 Å². The summed E-state index contributed by atoms with van der Waals surface area (Å²) in [7, 11) is 0. The molecule has 0 spiro atoms. The second-order valence-electron chi connectivity index (χ2n) is 11.4. The first-order valence-electron chi connectivity index (χ1n) is 12.3. The third-order valence-electron chi connectivity index (χ3n) is 8.61. The van der Waals surface area contributed by atoms with E-state index in [9.17, 15) is 15.3 Å². The van der Waals surface area contributed by atoms with Crippen molar-refractivity contribution in [1.82, 2.24) is 0 Å². The summed E-state index contributed by atoms with van der Waals surface area (Å²) < 4.78 is 0. The van der Waals surface area contributed by atoms with E-state index in [1.54, 1.807) is 0 Å². The van der Waals surface area contributed by atoms with Crippen LogP contribution in [0.25, 0.3) is 0 Å². The summed E-state index contributed by atoms with van der Waals surface area (Å²) in [5, 5.41) is 30.5. The van der Waals surface area contributed by atoms with Gasteiger partial charge >= 0.3 is 0 Å². The fourth-order valence-corrected chi connectivity index (χ4v) is 6.71. The summed E-state index contributed by atoms with van der Waals surface area (Å²) in [5.41, 5.74) is 3.41. The maximum absolute atomic E-state index is 10.3. The number of aliphatic hydroxyl groups is 3. The molecule has 3 nitrogen and oxygen atoms in total. The lowest BCUT2D eigenvalue weighted by molar-refractivity contribution is 0.0596. The monoisotopic (exact) mass is 428 g/mol. The van der Waals surface area contributed by atoms with Gasteiger partial charge in [-0.25, -0.2) is 0 Å². The standard InChI is InChI=1S/C28H44O3/c1-18(9-7-15-27(4,5)31)23-13-14-24-21(10-8-16-28(23,24)6)11-12-22-17-25(29)20(3)26(30)19(22)2/h11-12,18,23-26,29-31H,2-3,7-10,13-17H2,1,4-6H3/b21-11+,22-12+/t18?,23-,24+,25?,26-,28?/m1/s1. The third-order valence-corrected chi connectivity index (χ3v) is 8.61. The quantitative estimate of drug-likeness (QED) is 0.464. The van der Waals surface area contributed by atoms with Gasteiger partial charge in [-0.05, 0) is 92.3 Å². The van der Waals surface area contributed by atoms with E-state index in [0.29, 0.717) is 34.8 Å². The first-order chi connectivity index (χ1) is 14.4. The second-order valence-corrected chi connectivity index (χ2v) is 11.4. The highest BCUT2D eigenvalue weighted by Crippen LogP contribution is 2.60. The molecule has 6 atom stereocenters. The number of hydrogen-bond donors (Lipinski definition) is 3. The fourth-order valence-electron chi connectivity index (χ4n) is 6.71. The Bertz CT molecular complexity index is 753. The summed E-state index contributed by atoms with van der Waals surface area (Å²) >= 11 is 0. The van der Waals surface area contributed by atoms with Crippen LogP contribution in [0.4, 0.5) is 0 Å². The number of aliphatic hydroxyl groups excluding tert-OH is 2. The van der Waals surface area contributed by atoms with Crippen LogP contribution in [0.1, 0.15) is 85.5 Å². The number of hydrogen-bond acceptors (Lipinski definition) is 3. The summed E-state index contributed by atoms with van der Waals surface area (Å²) in [4.78, 5) is 0. The van der Waals surface area contributed by atoms with Crippen molar-refractivity contribution < 1.29 is 15.3 Å². The highest BCUT2D eigenvalue weighted by Gasteiger charge is 2.50. The Balaban J connectivity index is 1.72. The Labute approximate surface area is 189 Å². The van der Waals surface area contributed by atoms with Gasteiger partial charge in [0.2, 0.25) is 0 Å². The summed E-state index contributed by atoms with van der Waals surface area (Å²) in [5.74, 6) is 2.05. The van der Waals surface area contributed by atoms with Gasteiger partial charge in [0, 0.05) is 6.42 Å². The number of fused-ring (bicyclic) bond motifs is 1. The second kappa shape index (κ2) is 9.37. The minimum absolute atomic E-state index is 0.355. The van der Waals surface area contributed by atoms with E-state index in [4.69, 9.17) is 0 Å². The molecule has 3 unspecified atom stereocenters. The lowest BCUT2D eigenvalue weighted by Gasteiger charge is -2.44. The van der Waals surface area contributed by atoms with Gasteiger partial charge in [-0.3, -0.25) is 0 Å². The molecule has 0 aromatic carbocycles. The molecule has 0 heterocycles. The minimum Gasteiger partial charge on any atom is -0.390 e. The zero-order valence-corrected chi connectivity index (χ0v) is 20.2. The zero-order chi connectivity index (χ0) is 23.0. The highest BCUT2D eigenvalue weighted by molar-refractivity contribution is 5.45. The number of allylic oxidation sites excluding steroid dienone is 3. The van der Waals surface area contributed by atoms with Gasteiger partial charge in [-0.2, -0.15) is 0 Å². The van der Waals surface area contributed by atoms with Crippen molar-refractivity contribution in [2.24, 2.45) is 23.2 Å². The predicted molar refractivity (Wildman–Crippen MR) is 129 cm³/mol. The average molecular weight is 429 g/mol. The van der Waals surface area contributed by atoms with Crippen LogP contribution in [0.2, 0.25) is 0 Å². The van der Waals surface area contributed by atoms with Gasteiger partial charge < -0.3 is 15.3 Å². The molecule has 3 saturated carbocycles. The van der Waals surface area contributed by atoms with Gasteiger partial charge in [0.05, 0.1) is 11.7 Å². The Kier molecular flexibility index (Phi) is 7.40. The molecular weight excluding hydrogens is 384 g/mol. The van der Waals surface area contributed by atoms with Crippen molar-refractivity contribution in [1.29, 1.82) is 0 Å². The van der Waals surface area contributed by atoms with E-state index in [0.717, 1.165) is 30.8 Å². The fraction of sp³-hybridized carbons (Fsp3) is 0.714. The first kappa shape index (κ1) is 24.5. The van der Waals surface area contributed by atoms with Crippen molar-refractivity contribution >= 4 is 0 Å². The van der Waals surface area contributed by atoms with Gasteiger partial charge in [0.1, 0.15) is 6.10 Å². The van der Waals surface area contributed by atoms with Gasteiger partial charge in [0.25, 0.3) is 0 Å². The molecule has 174 valence electrons. The first-order valence-corrected chi connectivity index (χ1v) is 12.3. The molecule has 0 bridgehead atoms. The van der Waals surface area contributed by atoms with Gasteiger partial charge in [0.15, 0.2) is 0 Å². The Morgan fingerprint density at radius 3 is 2.58 bits per heavy atom. The molecule has 0 saturated heterocycles. The molecule has 0 aromatic rings. The zero-order valence-electron chi connectivity index (χ0n) is 20.2. The number of rotatable bonds is 6. The Morgan fingerprint density at radius 2 is 1.90 bits per heavy atom. The molecule has 0 amide bonds. The molecule has 3 heteroatoms. The maximum atomic E-state index is 10.3. The van der Waals surface area contributed by atoms with Crippen LogP contribution in [-0.2, 0) is 0 Å². The summed E-state index contributed by atoms with van der Waals surface area (Å²) in [6.07, 6.45) is 12.7. The molecule has 31 heavy (non-hydrogen) atoms. The van der Waals surface area contributed by atoms with Crippen LogP contribution in [0, 0.1) is 23.2 Å². The van der Waals surface area contributed by atoms with Crippen LogP contribution in [0.3, 0.4) is 0 Å². The van der Waals surface area contributed by atoms with Crippen molar-refractivity contribution in [2.45, 2.75) is 103 Å². The van der Waals surface area contributed by atoms with Crippen molar-refractivity contribution in [3.8, 4) is 0 Å². The summed E-state index contributed by atoms with van der Waals surface area (Å²) in [6, 6.07) is 0. The molecule has 0 aliphatic heterocycles. The van der Waals surface area contributed by atoms with E-state index in [-0.39, 0.29) is 0 Å². The molecule has 3 fully saturated rings. The van der Waals surface area contributed by atoms with Crippen LogP contribution in [0.5, 0.6) is 0 Å². The normalized spacial score (nSPS) is 38.0. The topological polar surface area (TPSA) is 60.7 Å². The molecule has 3 aliphatic rings. The average Bonchev–Trinajstić information content (AvgIpc) is 3.04. The van der Waals surface area contributed by atoms with Gasteiger partial charge in [-0.15, -0.1) is 0 Å². The maximum Gasteiger partial charge on any atom is 0.102 e. The van der Waals surface area contributed by atoms with E-state index < -0.39 is 17.8 Å². The van der Waals surface area contributed by atoms with Crippen LogP contribution in [0.15, 0.2) is 47.6 Å². The van der Waals surface area contributed by atoms with Crippen molar-refractivity contribution in [3.63, 3.8) is 0 Å². The van der Waals surface area contributed by atoms with E-state index in [2.05, 4.69) is 39.2 Å². The Hall–Kier alpha value is -1.16. The lowest BCUT2D eigenvalue weighted by atomic mass is 9.60. The lowest BCUT2D eigenvalue weighted by Crippen LogP contribution is -2.36. The summed E-state index contributed by atoms with van der Waals surface area (Å²) in [6.45, 7) is 16.6. The molecule has 0 aromatic heterocycles. The van der Waals surface area contributed by atoms with Crippen molar-refractivity contribution in [3.05, 3.63) is 47.6 Å². The molecule has 3 rings (SSSR count). The smallest absolute Gasteiger partial charge is 0.102 e. The SMILES string of the molecule is C=C1/C(=C/C=C2\CCCC3(C)[C@@H](C(C)CCCC(C)(C)O)CC[C@@H]23)CC(O)C(=C)[C@@H]1O. The Morgan fingerprint density at radius 1 is 1.19 bits per heavy atom.